The minimum atomic E-state index is -0.0748. The second-order valence-corrected chi connectivity index (χ2v) is 5.56. The molecule has 1 aromatic heterocycles. The van der Waals surface area contributed by atoms with E-state index in [0.717, 1.165) is 17.9 Å². The van der Waals surface area contributed by atoms with E-state index < -0.39 is 0 Å². The zero-order valence-corrected chi connectivity index (χ0v) is 11.0. The van der Waals surface area contributed by atoms with Crippen LogP contribution in [-0.2, 0) is 5.41 Å². The van der Waals surface area contributed by atoms with Crippen molar-refractivity contribution in [1.29, 1.82) is 0 Å². The fraction of sp³-hybridized carbons (Fsp3) is 0.250. The lowest BCUT2D eigenvalue weighted by Crippen LogP contribution is -2.35. The van der Waals surface area contributed by atoms with Crippen molar-refractivity contribution in [1.82, 2.24) is 4.98 Å². The second kappa shape index (κ2) is 4.07. The standard InChI is InChI=1S/C16H15N3O/c20-15(18-12-4-3-9-17-10-12)19-11-16(7-8-16)13-5-1-2-6-14(13)19/h1-6,9-10H,7-8,11H2,(H,18,20). The van der Waals surface area contributed by atoms with Crippen LogP contribution >= 0.6 is 0 Å². The van der Waals surface area contributed by atoms with E-state index in [1.807, 2.05) is 29.2 Å². The minimum Gasteiger partial charge on any atom is -0.306 e. The molecule has 0 radical (unpaired) electrons. The smallest absolute Gasteiger partial charge is 0.306 e. The molecule has 1 spiro atoms. The number of nitrogens with zero attached hydrogens (tertiary/aromatic N) is 2. The summed E-state index contributed by atoms with van der Waals surface area (Å²) >= 11 is 0. The Morgan fingerprint density at radius 1 is 1.20 bits per heavy atom. The first kappa shape index (κ1) is 11.5. The summed E-state index contributed by atoms with van der Waals surface area (Å²) in [5.41, 5.74) is 3.32. The summed E-state index contributed by atoms with van der Waals surface area (Å²) in [5, 5.41) is 2.91. The topological polar surface area (TPSA) is 45.2 Å². The molecule has 0 saturated heterocycles. The van der Waals surface area contributed by atoms with Gasteiger partial charge in [0, 0.05) is 23.8 Å². The molecule has 2 amide bonds. The van der Waals surface area contributed by atoms with Crippen LogP contribution in [-0.4, -0.2) is 17.6 Å². The number of anilines is 2. The fourth-order valence-corrected chi connectivity index (χ4v) is 3.02. The molecular weight excluding hydrogens is 250 g/mol. The van der Waals surface area contributed by atoms with Gasteiger partial charge in [0.2, 0.25) is 0 Å². The highest BCUT2D eigenvalue weighted by molar-refractivity contribution is 6.03. The zero-order valence-electron chi connectivity index (χ0n) is 11.0. The van der Waals surface area contributed by atoms with E-state index in [9.17, 15) is 4.79 Å². The number of pyridine rings is 1. The Morgan fingerprint density at radius 3 is 2.80 bits per heavy atom. The average molecular weight is 265 g/mol. The lowest BCUT2D eigenvalue weighted by molar-refractivity contribution is 0.257. The maximum absolute atomic E-state index is 12.5. The first-order chi connectivity index (χ1) is 9.78. The monoisotopic (exact) mass is 265 g/mol. The highest BCUT2D eigenvalue weighted by atomic mass is 16.2. The van der Waals surface area contributed by atoms with Crippen molar-refractivity contribution in [2.24, 2.45) is 0 Å². The third-order valence-corrected chi connectivity index (χ3v) is 4.24. The maximum Gasteiger partial charge on any atom is 0.326 e. The number of rotatable bonds is 1. The average Bonchev–Trinajstić information content (AvgIpc) is 3.18. The van der Waals surface area contributed by atoms with Crippen molar-refractivity contribution in [3.63, 3.8) is 0 Å². The van der Waals surface area contributed by atoms with Gasteiger partial charge in [-0.15, -0.1) is 0 Å². The van der Waals surface area contributed by atoms with E-state index in [2.05, 4.69) is 22.4 Å². The molecule has 1 fully saturated rings. The zero-order chi connectivity index (χ0) is 13.6. The van der Waals surface area contributed by atoms with Gasteiger partial charge >= 0.3 is 6.03 Å². The number of urea groups is 1. The molecule has 2 heterocycles. The van der Waals surface area contributed by atoms with Crippen molar-refractivity contribution >= 4 is 17.4 Å². The summed E-state index contributed by atoms with van der Waals surface area (Å²) in [6.07, 6.45) is 5.72. The quantitative estimate of drug-likeness (QED) is 0.860. The Labute approximate surface area is 117 Å². The first-order valence-electron chi connectivity index (χ1n) is 6.87. The molecule has 4 heteroatoms. The summed E-state index contributed by atoms with van der Waals surface area (Å²) < 4.78 is 0. The molecule has 0 unspecified atom stereocenters. The molecular formula is C16H15N3O. The molecule has 0 atom stereocenters. The van der Waals surface area contributed by atoms with Crippen LogP contribution in [0.2, 0.25) is 0 Å². The molecule has 1 aromatic carbocycles. The maximum atomic E-state index is 12.5. The van der Waals surface area contributed by atoms with Crippen LogP contribution in [0.5, 0.6) is 0 Å². The van der Waals surface area contributed by atoms with Gasteiger partial charge in [0.05, 0.1) is 11.9 Å². The summed E-state index contributed by atoms with van der Waals surface area (Å²) in [6, 6.07) is 11.8. The first-order valence-corrected chi connectivity index (χ1v) is 6.87. The van der Waals surface area contributed by atoms with Crippen LogP contribution in [0.25, 0.3) is 0 Å². The Kier molecular flexibility index (Phi) is 2.33. The van der Waals surface area contributed by atoms with Crippen molar-refractivity contribution < 1.29 is 4.79 Å². The van der Waals surface area contributed by atoms with Crippen molar-refractivity contribution in [3.8, 4) is 0 Å². The highest BCUT2D eigenvalue weighted by Gasteiger charge is 2.52. The summed E-state index contributed by atoms with van der Waals surface area (Å²) in [6.45, 7) is 0.790. The highest BCUT2D eigenvalue weighted by Crippen LogP contribution is 2.56. The van der Waals surface area contributed by atoms with E-state index >= 15 is 0 Å². The van der Waals surface area contributed by atoms with E-state index in [0.29, 0.717) is 0 Å². The number of amides is 2. The number of carbonyl (C=O) groups is 1. The minimum absolute atomic E-state index is 0.0748. The van der Waals surface area contributed by atoms with Gasteiger partial charge in [-0.05, 0) is 36.6 Å². The third-order valence-electron chi connectivity index (χ3n) is 4.24. The predicted octanol–water partition coefficient (Wildman–Crippen LogP) is 3.17. The van der Waals surface area contributed by atoms with Crippen molar-refractivity contribution in [2.45, 2.75) is 18.3 Å². The van der Waals surface area contributed by atoms with Gasteiger partial charge in [-0.3, -0.25) is 9.88 Å². The van der Waals surface area contributed by atoms with Crippen molar-refractivity contribution in [3.05, 3.63) is 54.4 Å². The van der Waals surface area contributed by atoms with E-state index in [1.165, 1.54) is 18.4 Å². The van der Waals surface area contributed by atoms with Gasteiger partial charge in [-0.1, -0.05) is 18.2 Å². The summed E-state index contributed by atoms with van der Waals surface area (Å²) in [4.78, 5) is 18.4. The Balaban J connectivity index is 1.62. The number of nitrogens with one attached hydrogen (secondary N) is 1. The molecule has 1 aliphatic carbocycles. The molecule has 2 aromatic rings. The van der Waals surface area contributed by atoms with Crippen LogP contribution in [0.4, 0.5) is 16.2 Å². The van der Waals surface area contributed by atoms with Crippen LogP contribution in [0.3, 0.4) is 0 Å². The number of carbonyl (C=O) groups excluding carboxylic acids is 1. The van der Waals surface area contributed by atoms with Crippen LogP contribution in [0, 0.1) is 0 Å². The van der Waals surface area contributed by atoms with Crippen LogP contribution in [0.15, 0.2) is 48.8 Å². The normalized spacial score (nSPS) is 17.9. The van der Waals surface area contributed by atoms with Gasteiger partial charge in [-0.2, -0.15) is 0 Å². The number of hydrogen-bond acceptors (Lipinski definition) is 2. The molecule has 1 saturated carbocycles. The van der Waals surface area contributed by atoms with Gasteiger partial charge in [0.1, 0.15) is 0 Å². The molecule has 2 aliphatic rings. The fourth-order valence-electron chi connectivity index (χ4n) is 3.02. The van der Waals surface area contributed by atoms with Crippen LogP contribution < -0.4 is 10.2 Å². The molecule has 0 bridgehead atoms. The molecule has 4 nitrogen and oxygen atoms in total. The summed E-state index contributed by atoms with van der Waals surface area (Å²) in [7, 11) is 0. The number of benzene rings is 1. The third kappa shape index (κ3) is 1.68. The summed E-state index contributed by atoms with van der Waals surface area (Å²) in [5.74, 6) is 0. The van der Waals surface area contributed by atoms with Gasteiger partial charge < -0.3 is 5.32 Å². The number of hydrogen-bond donors (Lipinski definition) is 1. The molecule has 20 heavy (non-hydrogen) atoms. The number of fused-ring (bicyclic) bond motifs is 2. The Bertz CT molecular complexity index is 664. The van der Waals surface area contributed by atoms with E-state index in [1.54, 1.807) is 12.4 Å². The van der Waals surface area contributed by atoms with E-state index in [-0.39, 0.29) is 11.4 Å². The second-order valence-electron chi connectivity index (χ2n) is 5.56. The predicted molar refractivity (Wildman–Crippen MR) is 78.0 cm³/mol. The molecule has 100 valence electrons. The van der Waals surface area contributed by atoms with Crippen molar-refractivity contribution in [2.75, 3.05) is 16.8 Å². The number of para-hydroxylation sites is 1. The largest absolute Gasteiger partial charge is 0.326 e. The van der Waals surface area contributed by atoms with Gasteiger partial charge in [-0.25, -0.2) is 4.79 Å². The van der Waals surface area contributed by atoms with Gasteiger partial charge in [0.25, 0.3) is 0 Å². The molecule has 1 N–H and O–H groups in total. The number of aromatic nitrogens is 1. The Morgan fingerprint density at radius 2 is 2.05 bits per heavy atom. The molecule has 1 aliphatic heterocycles. The molecule has 4 rings (SSSR count). The van der Waals surface area contributed by atoms with Gasteiger partial charge in [0.15, 0.2) is 0 Å². The lowest BCUT2D eigenvalue weighted by Gasteiger charge is -2.18. The lowest BCUT2D eigenvalue weighted by atomic mass is 9.99. The van der Waals surface area contributed by atoms with E-state index in [4.69, 9.17) is 0 Å². The Hall–Kier alpha value is -2.36. The van der Waals surface area contributed by atoms with Crippen LogP contribution in [0.1, 0.15) is 18.4 Å². The SMILES string of the molecule is O=C(Nc1cccnc1)N1CC2(CC2)c2ccccc21.